The normalized spacial score (nSPS) is 17.4. The van der Waals surface area contributed by atoms with Gasteiger partial charge in [0.1, 0.15) is 12.4 Å². The number of likely N-dealkylation sites (tertiary alicyclic amines) is 1. The second-order valence-corrected chi connectivity index (χ2v) is 6.32. The number of anilines is 1. The van der Waals surface area contributed by atoms with Crippen molar-refractivity contribution in [3.05, 3.63) is 36.4 Å². The summed E-state index contributed by atoms with van der Waals surface area (Å²) in [6.07, 6.45) is 4.17. The highest BCUT2D eigenvalue weighted by atomic mass is 16.5. The van der Waals surface area contributed by atoms with Crippen molar-refractivity contribution < 1.29 is 14.3 Å². The molecule has 5 heteroatoms. The van der Waals surface area contributed by atoms with E-state index in [-0.39, 0.29) is 12.1 Å². The molecule has 2 amide bonds. The van der Waals surface area contributed by atoms with Crippen LogP contribution < -0.4 is 10.1 Å². The minimum atomic E-state index is -0.0357. The number of carbonyl (C=O) groups excluding carboxylic acids is 1. The van der Waals surface area contributed by atoms with Gasteiger partial charge in [0.15, 0.2) is 0 Å². The highest BCUT2D eigenvalue weighted by Gasteiger charge is 2.26. The van der Waals surface area contributed by atoms with Gasteiger partial charge in [-0.3, -0.25) is 0 Å². The van der Waals surface area contributed by atoms with Crippen LogP contribution in [0.4, 0.5) is 10.5 Å². The predicted octanol–water partition coefficient (Wildman–Crippen LogP) is 4.06. The average Bonchev–Trinajstić information content (AvgIpc) is 2.59. The number of nitrogens with one attached hydrogen (secondary N) is 1. The van der Waals surface area contributed by atoms with Gasteiger partial charge in [0.2, 0.25) is 0 Å². The maximum Gasteiger partial charge on any atom is 0.322 e. The van der Waals surface area contributed by atoms with Gasteiger partial charge in [0, 0.05) is 32.0 Å². The van der Waals surface area contributed by atoms with Crippen LogP contribution >= 0.6 is 0 Å². The van der Waals surface area contributed by atoms with Crippen LogP contribution in [-0.2, 0) is 4.74 Å². The molecule has 0 unspecified atom stereocenters. The third-order valence-electron chi connectivity index (χ3n) is 4.13. The van der Waals surface area contributed by atoms with Crippen LogP contribution in [0.25, 0.3) is 0 Å². The molecule has 1 aromatic carbocycles. The summed E-state index contributed by atoms with van der Waals surface area (Å²) in [5.41, 5.74) is 1.75. The van der Waals surface area contributed by atoms with Crippen LogP contribution in [0.3, 0.4) is 0 Å². The SMILES string of the molecule is C=C(C)COc1ccc(NC(=O)N2CCCC[C@H]2CCOC)cc1. The van der Waals surface area contributed by atoms with E-state index in [4.69, 9.17) is 9.47 Å². The van der Waals surface area contributed by atoms with Crippen molar-refractivity contribution in [1.82, 2.24) is 4.90 Å². The van der Waals surface area contributed by atoms with Gasteiger partial charge in [-0.15, -0.1) is 0 Å². The van der Waals surface area contributed by atoms with Crippen LogP contribution in [0, 0.1) is 0 Å². The number of ether oxygens (including phenoxy) is 2. The molecule has 1 aromatic rings. The van der Waals surface area contributed by atoms with Crippen LogP contribution in [-0.4, -0.2) is 43.8 Å². The molecular weight excluding hydrogens is 304 g/mol. The van der Waals surface area contributed by atoms with E-state index in [1.165, 1.54) is 6.42 Å². The molecule has 0 aromatic heterocycles. The number of rotatable bonds is 7. The van der Waals surface area contributed by atoms with Gasteiger partial charge in [-0.05, 0) is 62.4 Å². The Morgan fingerprint density at radius 2 is 2.08 bits per heavy atom. The molecule has 5 nitrogen and oxygen atoms in total. The lowest BCUT2D eigenvalue weighted by atomic mass is 10.00. The number of benzene rings is 1. The summed E-state index contributed by atoms with van der Waals surface area (Å²) in [5, 5.41) is 2.98. The standard InChI is InChI=1S/C19H28N2O3/c1-15(2)14-24-18-9-7-16(8-10-18)20-19(22)21-12-5-4-6-17(21)11-13-23-3/h7-10,17H,1,4-6,11-14H2,2-3H3,(H,20,22)/t17-/m0/s1. The molecule has 1 aliphatic heterocycles. The van der Waals surface area contributed by atoms with Crippen LogP contribution in [0.1, 0.15) is 32.6 Å². The lowest BCUT2D eigenvalue weighted by Gasteiger charge is -2.35. The highest BCUT2D eigenvalue weighted by molar-refractivity contribution is 5.89. The summed E-state index contributed by atoms with van der Waals surface area (Å²) in [6.45, 7) is 7.72. The Bertz CT molecular complexity index is 542. The molecule has 0 radical (unpaired) electrons. The van der Waals surface area contributed by atoms with Crippen LogP contribution in [0.15, 0.2) is 36.4 Å². The zero-order chi connectivity index (χ0) is 17.4. The molecule has 1 saturated heterocycles. The van der Waals surface area contributed by atoms with Gasteiger partial charge in [-0.1, -0.05) is 6.58 Å². The monoisotopic (exact) mass is 332 g/mol. The molecular formula is C19H28N2O3. The number of nitrogens with zero attached hydrogens (tertiary/aromatic N) is 1. The number of methoxy groups -OCH3 is 1. The van der Waals surface area contributed by atoms with Crippen LogP contribution in [0.2, 0.25) is 0 Å². The molecule has 132 valence electrons. The topological polar surface area (TPSA) is 50.8 Å². The number of amides is 2. The van der Waals surface area contributed by atoms with Crippen molar-refractivity contribution in [1.29, 1.82) is 0 Å². The molecule has 1 aliphatic rings. The first-order valence-electron chi connectivity index (χ1n) is 8.54. The summed E-state index contributed by atoms with van der Waals surface area (Å²) < 4.78 is 10.7. The molecule has 0 saturated carbocycles. The summed E-state index contributed by atoms with van der Waals surface area (Å²) >= 11 is 0. The Hall–Kier alpha value is -2.01. The van der Waals surface area contributed by atoms with E-state index < -0.39 is 0 Å². The first-order chi connectivity index (χ1) is 11.6. The average molecular weight is 332 g/mol. The molecule has 24 heavy (non-hydrogen) atoms. The van der Waals surface area contributed by atoms with Gasteiger partial charge < -0.3 is 19.7 Å². The lowest BCUT2D eigenvalue weighted by Crippen LogP contribution is -2.46. The Labute approximate surface area is 144 Å². The van der Waals surface area contributed by atoms with Crippen molar-refractivity contribution in [3.8, 4) is 5.75 Å². The number of carbonyl (C=O) groups is 1. The fourth-order valence-electron chi connectivity index (χ4n) is 2.86. The van der Waals surface area contributed by atoms with E-state index in [9.17, 15) is 4.79 Å². The molecule has 2 rings (SSSR count). The van der Waals surface area contributed by atoms with Gasteiger partial charge in [0.25, 0.3) is 0 Å². The van der Waals surface area contributed by atoms with Gasteiger partial charge in [0.05, 0.1) is 0 Å². The zero-order valence-corrected chi connectivity index (χ0v) is 14.7. The quantitative estimate of drug-likeness (QED) is 0.766. The van der Waals surface area contributed by atoms with Crippen molar-refractivity contribution in [3.63, 3.8) is 0 Å². The summed E-state index contributed by atoms with van der Waals surface area (Å²) in [4.78, 5) is 14.5. The Morgan fingerprint density at radius 1 is 1.33 bits per heavy atom. The van der Waals surface area contributed by atoms with Gasteiger partial charge >= 0.3 is 6.03 Å². The number of hydrogen-bond acceptors (Lipinski definition) is 3. The first-order valence-corrected chi connectivity index (χ1v) is 8.54. The maximum absolute atomic E-state index is 12.6. The van der Waals surface area contributed by atoms with E-state index in [0.717, 1.165) is 42.8 Å². The molecule has 0 aliphatic carbocycles. The highest BCUT2D eigenvalue weighted by Crippen LogP contribution is 2.22. The molecule has 1 fully saturated rings. The lowest BCUT2D eigenvalue weighted by molar-refractivity contribution is 0.123. The molecule has 1 heterocycles. The van der Waals surface area contributed by atoms with E-state index in [0.29, 0.717) is 13.2 Å². The third-order valence-corrected chi connectivity index (χ3v) is 4.13. The van der Waals surface area contributed by atoms with Gasteiger partial charge in [-0.25, -0.2) is 4.79 Å². The first kappa shape index (κ1) is 18.3. The third kappa shape index (κ3) is 5.57. The molecule has 1 N–H and O–H groups in total. The maximum atomic E-state index is 12.6. The number of hydrogen-bond donors (Lipinski definition) is 1. The van der Waals surface area contributed by atoms with Crippen molar-refractivity contribution in [2.75, 3.05) is 32.2 Å². The van der Waals surface area contributed by atoms with Gasteiger partial charge in [-0.2, -0.15) is 0 Å². The van der Waals surface area contributed by atoms with E-state index in [1.807, 2.05) is 36.1 Å². The fraction of sp³-hybridized carbons (Fsp3) is 0.526. The summed E-state index contributed by atoms with van der Waals surface area (Å²) in [6, 6.07) is 7.66. The Morgan fingerprint density at radius 3 is 2.75 bits per heavy atom. The minimum absolute atomic E-state index is 0.0357. The largest absolute Gasteiger partial charge is 0.489 e. The van der Waals surface area contributed by atoms with E-state index in [1.54, 1.807) is 7.11 Å². The predicted molar refractivity (Wildman–Crippen MR) is 96.6 cm³/mol. The van der Waals surface area contributed by atoms with E-state index in [2.05, 4.69) is 11.9 Å². The Kier molecular flexibility index (Phi) is 7.12. The minimum Gasteiger partial charge on any atom is -0.489 e. The molecule has 0 spiro atoms. The fourth-order valence-corrected chi connectivity index (χ4v) is 2.86. The second kappa shape index (κ2) is 9.33. The zero-order valence-electron chi connectivity index (χ0n) is 14.7. The van der Waals surface area contributed by atoms with Crippen molar-refractivity contribution in [2.45, 2.75) is 38.6 Å². The van der Waals surface area contributed by atoms with E-state index >= 15 is 0 Å². The smallest absolute Gasteiger partial charge is 0.322 e. The number of urea groups is 1. The molecule has 1 atom stereocenters. The van der Waals surface area contributed by atoms with Crippen molar-refractivity contribution >= 4 is 11.7 Å². The second-order valence-electron chi connectivity index (χ2n) is 6.32. The Balaban J connectivity index is 1.91. The summed E-state index contributed by atoms with van der Waals surface area (Å²) in [7, 11) is 1.70. The molecule has 0 bridgehead atoms. The number of piperidine rings is 1. The summed E-state index contributed by atoms with van der Waals surface area (Å²) in [5.74, 6) is 0.770. The van der Waals surface area contributed by atoms with Crippen LogP contribution in [0.5, 0.6) is 5.75 Å². The van der Waals surface area contributed by atoms with Crippen molar-refractivity contribution in [2.24, 2.45) is 0 Å².